The number of hydrogen-bond donors (Lipinski definition) is 1. The van der Waals surface area contributed by atoms with Crippen LogP contribution < -0.4 is 0 Å². The molecular formula is C12H21N3O5. The topological polar surface area (TPSA) is 103 Å². The second kappa shape index (κ2) is 11.0. The monoisotopic (exact) mass is 287 g/mol. The predicted molar refractivity (Wildman–Crippen MR) is 70.2 cm³/mol. The van der Waals surface area contributed by atoms with Gasteiger partial charge in [0.05, 0.1) is 25.7 Å². The summed E-state index contributed by atoms with van der Waals surface area (Å²) < 4.78 is 9.77. The predicted octanol–water partition coefficient (Wildman–Crippen LogP) is 0.00148. The number of hydrogen-bond acceptors (Lipinski definition) is 5. The van der Waals surface area contributed by atoms with E-state index in [1.807, 2.05) is 6.07 Å². The Kier molecular flexibility index (Phi) is 10.00. The molecule has 0 fully saturated rings. The van der Waals surface area contributed by atoms with Crippen LogP contribution in [0.4, 0.5) is 4.79 Å². The average molecular weight is 287 g/mol. The van der Waals surface area contributed by atoms with Gasteiger partial charge in [-0.1, -0.05) is 0 Å². The number of carbonyl (C=O) groups is 2. The first-order valence-electron chi connectivity index (χ1n) is 6.17. The van der Waals surface area contributed by atoms with Gasteiger partial charge in [-0.05, 0) is 0 Å². The minimum Gasteiger partial charge on any atom is -0.480 e. The van der Waals surface area contributed by atoms with Gasteiger partial charge in [0, 0.05) is 33.9 Å². The van der Waals surface area contributed by atoms with Crippen molar-refractivity contribution >= 4 is 12.0 Å². The molecule has 0 unspecified atom stereocenters. The maximum atomic E-state index is 12.3. The van der Waals surface area contributed by atoms with Crippen molar-refractivity contribution in [1.82, 2.24) is 9.80 Å². The Hall–Kier alpha value is -1.85. The van der Waals surface area contributed by atoms with Crippen LogP contribution >= 0.6 is 0 Å². The van der Waals surface area contributed by atoms with E-state index in [2.05, 4.69) is 0 Å². The number of amides is 2. The fourth-order valence-corrected chi connectivity index (χ4v) is 1.50. The highest BCUT2D eigenvalue weighted by Gasteiger charge is 2.22. The smallest absolute Gasteiger partial charge is 0.323 e. The number of carboxylic acid groups (broad SMARTS) is 1. The van der Waals surface area contributed by atoms with Crippen LogP contribution in [0.25, 0.3) is 0 Å². The number of carbonyl (C=O) groups excluding carboxylic acids is 1. The van der Waals surface area contributed by atoms with E-state index in [4.69, 9.17) is 19.8 Å². The fraction of sp³-hybridized carbons (Fsp3) is 0.750. The Bertz CT molecular complexity index is 342. The van der Waals surface area contributed by atoms with Crippen LogP contribution in [0.15, 0.2) is 0 Å². The SMILES string of the molecule is COCCN(CCC#N)C(=O)N(CCOC)CC(=O)O. The van der Waals surface area contributed by atoms with Crippen molar-refractivity contribution in [2.24, 2.45) is 0 Å². The van der Waals surface area contributed by atoms with Gasteiger partial charge < -0.3 is 24.4 Å². The average Bonchev–Trinajstić information content (AvgIpc) is 2.42. The number of rotatable bonds is 10. The van der Waals surface area contributed by atoms with Crippen LogP contribution in [-0.2, 0) is 14.3 Å². The van der Waals surface area contributed by atoms with Gasteiger partial charge in [-0.25, -0.2) is 4.79 Å². The first kappa shape index (κ1) is 18.1. The van der Waals surface area contributed by atoms with E-state index in [1.54, 1.807) is 0 Å². The van der Waals surface area contributed by atoms with Crippen LogP contribution in [0.5, 0.6) is 0 Å². The zero-order valence-corrected chi connectivity index (χ0v) is 11.9. The van der Waals surface area contributed by atoms with Gasteiger partial charge in [-0.3, -0.25) is 4.79 Å². The molecule has 0 bridgehead atoms. The molecule has 0 aliphatic heterocycles. The lowest BCUT2D eigenvalue weighted by Gasteiger charge is -2.29. The number of ether oxygens (including phenoxy) is 2. The van der Waals surface area contributed by atoms with Crippen LogP contribution in [-0.4, -0.2) is 80.5 Å². The summed E-state index contributed by atoms with van der Waals surface area (Å²) >= 11 is 0. The van der Waals surface area contributed by atoms with Gasteiger partial charge in [0.25, 0.3) is 0 Å². The second-order valence-corrected chi connectivity index (χ2v) is 3.98. The van der Waals surface area contributed by atoms with Crippen LogP contribution in [0.3, 0.4) is 0 Å². The molecule has 0 spiro atoms. The van der Waals surface area contributed by atoms with Crippen molar-refractivity contribution < 1.29 is 24.2 Å². The molecule has 8 nitrogen and oxygen atoms in total. The maximum Gasteiger partial charge on any atom is 0.323 e. The summed E-state index contributed by atoms with van der Waals surface area (Å²) in [5.41, 5.74) is 0. The van der Waals surface area contributed by atoms with Gasteiger partial charge in [-0.15, -0.1) is 0 Å². The molecule has 0 aliphatic rings. The highest BCUT2D eigenvalue weighted by molar-refractivity contribution is 5.80. The fourth-order valence-electron chi connectivity index (χ4n) is 1.50. The second-order valence-electron chi connectivity index (χ2n) is 3.98. The molecule has 0 aromatic rings. The Morgan fingerprint density at radius 2 is 1.65 bits per heavy atom. The third kappa shape index (κ3) is 7.56. The number of nitrogens with zero attached hydrogens (tertiary/aromatic N) is 3. The highest BCUT2D eigenvalue weighted by Crippen LogP contribution is 2.01. The quantitative estimate of drug-likeness (QED) is 0.606. The third-order valence-corrected chi connectivity index (χ3v) is 2.49. The van der Waals surface area contributed by atoms with E-state index in [1.165, 1.54) is 24.0 Å². The molecule has 8 heteroatoms. The lowest BCUT2D eigenvalue weighted by molar-refractivity contribution is -0.137. The highest BCUT2D eigenvalue weighted by atomic mass is 16.5. The van der Waals surface area contributed by atoms with E-state index >= 15 is 0 Å². The van der Waals surface area contributed by atoms with Gasteiger partial charge in [0.15, 0.2) is 0 Å². The van der Waals surface area contributed by atoms with Crippen LogP contribution in [0.2, 0.25) is 0 Å². The number of carboxylic acids is 1. The summed E-state index contributed by atoms with van der Waals surface area (Å²) in [4.78, 5) is 25.6. The van der Waals surface area contributed by atoms with E-state index in [9.17, 15) is 9.59 Å². The van der Waals surface area contributed by atoms with Crippen LogP contribution in [0.1, 0.15) is 6.42 Å². The van der Waals surface area contributed by atoms with Gasteiger partial charge in [0.2, 0.25) is 0 Å². The van der Waals surface area contributed by atoms with E-state index in [-0.39, 0.29) is 26.1 Å². The number of nitriles is 1. The maximum absolute atomic E-state index is 12.3. The molecule has 0 radical (unpaired) electrons. The molecule has 20 heavy (non-hydrogen) atoms. The minimum atomic E-state index is -1.10. The number of aliphatic carboxylic acids is 1. The Morgan fingerprint density at radius 1 is 1.10 bits per heavy atom. The van der Waals surface area contributed by atoms with E-state index in [0.717, 1.165) is 0 Å². The van der Waals surface area contributed by atoms with Gasteiger partial charge in [-0.2, -0.15) is 5.26 Å². The molecule has 0 aromatic carbocycles. The summed E-state index contributed by atoms with van der Waals surface area (Å²) in [6.45, 7) is 0.884. The normalized spacial score (nSPS) is 9.85. The number of methoxy groups -OCH3 is 2. The van der Waals surface area contributed by atoms with Crippen LogP contribution in [0, 0.1) is 11.3 Å². The standard InChI is InChI=1S/C12H21N3O5/c1-19-8-6-14(5-3-4-13)12(18)15(7-9-20-2)10-11(16)17/h3,5-10H2,1-2H3,(H,16,17). The molecule has 114 valence electrons. The first-order chi connectivity index (χ1) is 9.56. The molecule has 1 N–H and O–H groups in total. The molecule has 2 amide bonds. The summed E-state index contributed by atoms with van der Waals surface area (Å²) in [7, 11) is 2.98. The lowest BCUT2D eigenvalue weighted by Crippen LogP contribution is -2.47. The summed E-state index contributed by atoms with van der Waals surface area (Å²) in [5, 5.41) is 17.4. The van der Waals surface area contributed by atoms with Crippen molar-refractivity contribution in [1.29, 1.82) is 5.26 Å². The largest absolute Gasteiger partial charge is 0.480 e. The van der Waals surface area contributed by atoms with Crippen molar-refractivity contribution in [2.45, 2.75) is 6.42 Å². The molecule has 0 aliphatic carbocycles. The summed E-state index contributed by atoms with van der Waals surface area (Å²) in [6, 6.07) is 1.52. The van der Waals surface area contributed by atoms with E-state index < -0.39 is 18.5 Å². The zero-order valence-electron chi connectivity index (χ0n) is 11.9. The molecule has 0 rings (SSSR count). The first-order valence-corrected chi connectivity index (χ1v) is 6.17. The van der Waals surface area contributed by atoms with E-state index in [0.29, 0.717) is 13.2 Å². The zero-order chi connectivity index (χ0) is 15.4. The Labute approximate surface area is 118 Å². The Morgan fingerprint density at radius 3 is 2.10 bits per heavy atom. The molecular weight excluding hydrogens is 266 g/mol. The minimum absolute atomic E-state index is 0.178. The molecule has 0 saturated heterocycles. The molecule has 0 atom stereocenters. The summed E-state index contributed by atoms with van der Waals surface area (Å²) in [5.74, 6) is -1.10. The molecule has 0 heterocycles. The third-order valence-electron chi connectivity index (χ3n) is 2.49. The van der Waals surface area contributed by atoms with Crippen molar-refractivity contribution in [3.63, 3.8) is 0 Å². The Balaban J connectivity index is 4.72. The number of urea groups is 1. The lowest BCUT2D eigenvalue weighted by atomic mass is 10.4. The summed E-state index contributed by atoms with van der Waals surface area (Å²) in [6.07, 6.45) is 0.181. The van der Waals surface area contributed by atoms with Gasteiger partial charge >= 0.3 is 12.0 Å². The van der Waals surface area contributed by atoms with Crippen molar-refractivity contribution in [3.05, 3.63) is 0 Å². The van der Waals surface area contributed by atoms with Gasteiger partial charge in [0.1, 0.15) is 6.54 Å². The van der Waals surface area contributed by atoms with Crippen molar-refractivity contribution in [3.8, 4) is 6.07 Å². The molecule has 0 aromatic heterocycles. The molecule has 0 saturated carbocycles. The van der Waals surface area contributed by atoms with Crippen molar-refractivity contribution in [2.75, 3.05) is 53.6 Å².